The first-order chi connectivity index (χ1) is 9.08. The molecule has 0 radical (unpaired) electrons. The van der Waals surface area contributed by atoms with Crippen molar-refractivity contribution in [1.29, 1.82) is 0 Å². The summed E-state index contributed by atoms with van der Waals surface area (Å²) in [5, 5.41) is 0. The Kier molecular flexibility index (Phi) is 4.82. The highest BCUT2D eigenvalue weighted by atomic mass is 79.9. The summed E-state index contributed by atoms with van der Waals surface area (Å²) in [4.78, 5) is 12.1. The normalized spacial score (nSPS) is 19.2. The van der Waals surface area contributed by atoms with Gasteiger partial charge in [0, 0.05) is 16.8 Å². The largest absolute Gasteiger partial charge is 0.459 e. The number of anilines is 1. The number of esters is 1. The molecule has 1 saturated heterocycles. The van der Waals surface area contributed by atoms with E-state index in [-0.39, 0.29) is 12.1 Å². The molecule has 0 aliphatic carbocycles. The highest BCUT2D eigenvalue weighted by molar-refractivity contribution is 9.10. The maximum atomic E-state index is 12.1. The zero-order valence-corrected chi connectivity index (χ0v) is 12.5. The van der Waals surface area contributed by atoms with Gasteiger partial charge in [-0.2, -0.15) is 0 Å². The fraction of sp³-hybridized carbons (Fsp3) is 0.500. The van der Waals surface area contributed by atoms with Crippen molar-refractivity contribution in [2.24, 2.45) is 0 Å². The van der Waals surface area contributed by atoms with Crippen LogP contribution in [-0.4, -0.2) is 25.3 Å². The second-order valence-corrected chi connectivity index (χ2v) is 5.67. The minimum Gasteiger partial charge on any atom is -0.459 e. The molecule has 0 bridgehead atoms. The van der Waals surface area contributed by atoms with Crippen molar-refractivity contribution in [3.63, 3.8) is 0 Å². The van der Waals surface area contributed by atoms with Crippen LogP contribution in [0.15, 0.2) is 16.6 Å². The van der Waals surface area contributed by atoms with Gasteiger partial charge in [-0.05, 0) is 43.9 Å². The third kappa shape index (κ3) is 3.70. The maximum Gasteiger partial charge on any atom is 0.338 e. The number of hydrogen-bond acceptors (Lipinski definition) is 4. The molecule has 1 atom stereocenters. The van der Waals surface area contributed by atoms with Gasteiger partial charge in [-0.1, -0.05) is 15.9 Å². The van der Waals surface area contributed by atoms with Crippen molar-refractivity contribution < 1.29 is 14.3 Å². The Morgan fingerprint density at radius 1 is 1.53 bits per heavy atom. The van der Waals surface area contributed by atoms with Gasteiger partial charge in [0.05, 0.1) is 11.7 Å². The van der Waals surface area contributed by atoms with Gasteiger partial charge >= 0.3 is 5.97 Å². The predicted octanol–water partition coefficient (Wildman–Crippen LogP) is 3.07. The monoisotopic (exact) mass is 327 g/mol. The summed E-state index contributed by atoms with van der Waals surface area (Å²) < 4.78 is 11.6. The summed E-state index contributed by atoms with van der Waals surface area (Å²) in [7, 11) is 0. The molecule has 5 heteroatoms. The van der Waals surface area contributed by atoms with Crippen molar-refractivity contribution in [3.8, 4) is 0 Å². The third-order valence-electron chi connectivity index (χ3n) is 3.31. The minimum atomic E-state index is -0.348. The zero-order chi connectivity index (χ0) is 13.8. The molecule has 2 N–H and O–H groups in total. The number of carbonyl (C=O) groups is 1. The van der Waals surface area contributed by atoms with Gasteiger partial charge in [-0.3, -0.25) is 0 Å². The lowest BCUT2D eigenvalue weighted by Crippen LogP contribution is -2.26. The number of halogens is 1. The van der Waals surface area contributed by atoms with Crippen molar-refractivity contribution in [3.05, 3.63) is 27.7 Å². The molecular formula is C14H18BrNO3. The number of nitrogen functional groups attached to an aromatic ring is 1. The van der Waals surface area contributed by atoms with Gasteiger partial charge in [0.2, 0.25) is 0 Å². The van der Waals surface area contributed by atoms with E-state index in [0.717, 1.165) is 35.9 Å². The molecule has 4 nitrogen and oxygen atoms in total. The van der Waals surface area contributed by atoms with Crippen molar-refractivity contribution in [2.75, 3.05) is 18.9 Å². The zero-order valence-electron chi connectivity index (χ0n) is 10.9. The summed E-state index contributed by atoms with van der Waals surface area (Å²) in [6.07, 6.45) is 3.20. The molecule has 1 aliphatic heterocycles. The standard InChI is InChI=1S/C14H18BrNO3/c1-9-12(6-10(15)7-13(9)16)14(17)19-8-11-4-2-3-5-18-11/h6-7,11H,2-5,8,16H2,1H3. The first kappa shape index (κ1) is 14.3. The number of nitrogens with two attached hydrogens (primary N) is 1. The van der Waals surface area contributed by atoms with Gasteiger partial charge in [0.1, 0.15) is 6.61 Å². The van der Waals surface area contributed by atoms with E-state index in [2.05, 4.69) is 15.9 Å². The van der Waals surface area contributed by atoms with Crippen LogP contribution in [0.1, 0.15) is 35.2 Å². The molecule has 1 aromatic carbocycles. The highest BCUT2D eigenvalue weighted by Crippen LogP contribution is 2.23. The second-order valence-electron chi connectivity index (χ2n) is 4.75. The molecule has 19 heavy (non-hydrogen) atoms. The Morgan fingerprint density at radius 3 is 3.00 bits per heavy atom. The van der Waals surface area contributed by atoms with Gasteiger partial charge < -0.3 is 15.2 Å². The first-order valence-electron chi connectivity index (χ1n) is 6.42. The van der Waals surface area contributed by atoms with E-state index in [4.69, 9.17) is 15.2 Å². The molecular weight excluding hydrogens is 310 g/mol. The fourth-order valence-electron chi connectivity index (χ4n) is 2.10. The molecule has 1 aliphatic rings. The average molecular weight is 328 g/mol. The average Bonchev–Trinajstić information content (AvgIpc) is 2.41. The lowest BCUT2D eigenvalue weighted by molar-refractivity contribution is -0.0300. The smallest absolute Gasteiger partial charge is 0.338 e. The van der Waals surface area contributed by atoms with Crippen molar-refractivity contribution in [2.45, 2.75) is 32.3 Å². The topological polar surface area (TPSA) is 61.6 Å². The molecule has 1 unspecified atom stereocenters. The van der Waals surface area contributed by atoms with Crippen LogP contribution in [0, 0.1) is 6.92 Å². The molecule has 1 heterocycles. The Bertz CT molecular complexity index is 470. The highest BCUT2D eigenvalue weighted by Gasteiger charge is 2.18. The Labute approximate surface area is 121 Å². The summed E-state index contributed by atoms with van der Waals surface area (Å²) in [5.41, 5.74) is 7.67. The van der Waals surface area contributed by atoms with E-state index in [1.807, 2.05) is 6.92 Å². The van der Waals surface area contributed by atoms with Crippen LogP contribution in [-0.2, 0) is 9.47 Å². The van der Waals surface area contributed by atoms with Gasteiger partial charge in [-0.25, -0.2) is 4.79 Å². The van der Waals surface area contributed by atoms with Gasteiger partial charge in [0.15, 0.2) is 0 Å². The van der Waals surface area contributed by atoms with E-state index in [1.165, 1.54) is 0 Å². The van der Waals surface area contributed by atoms with Crippen LogP contribution < -0.4 is 5.73 Å². The van der Waals surface area contributed by atoms with Crippen molar-refractivity contribution in [1.82, 2.24) is 0 Å². The van der Waals surface area contributed by atoms with Gasteiger partial charge in [0.25, 0.3) is 0 Å². The van der Waals surface area contributed by atoms with E-state index >= 15 is 0 Å². The van der Waals surface area contributed by atoms with Crippen LogP contribution in [0.3, 0.4) is 0 Å². The van der Waals surface area contributed by atoms with Crippen LogP contribution in [0.25, 0.3) is 0 Å². The molecule has 0 saturated carbocycles. The number of benzene rings is 1. The summed E-state index contributed by atoms with van der Waals surface area (Å²) in [5.74, 6) is -0.348. The Hall–Kier alpha value is -1.07. The predicted molar refractivity (Wildman–Crippen MR) is 77.2 cm³/mol. The lowest BCUT2D eigenvalue weighted by atomic mass is 10.1. The SMILES string of the molecule is Cc1c(N)cc(Br)cc1C(=O)OCC1CCCCO1. The molecule has 0 amide bonds. The molecule has 0 aromatic heterocycles. The summed E-state index contributed by atoms with van der Waals surface area (Å²) in [6.45, 7) is 2.88. The molecule has 0 spiro atoms. The van der Waals surface area contributed by atoms with E-state index in [1.54, 1.807) is 12.1 Å². The van der Waals surface area contributed by atoms with E-state index < -0.39 is 0 Å². The summed E-state index contributed by atoms with van der Waals surface area (Å²) in [6, 6.07) is 3.51. The van der Waals surface area contributed by atoms with Crippen LogP contribution in [0.4, 0.5) is 5.69 Å². The van der Waals surface area contributed by atoms with Crippen molar-refractivity contribution >= 4 is 27.6 Å². The Balaban J connectivity index is 1.99. The molecule has 104 valence electrons. The molecule has 2 rings (SSSR count). The minimum absolute atomic E-state index is 0.0301. The number of rotatable bonds is 3. The molecule has 1 fully saturated rings. The fourth-order valence-corrected chi connectivity index (χ4v) is 2.57. The first-order valence-corrected chi connectivity index (χ1v) is 7.21. The number of hydrogen-bond donors (Lipinski definition) is 1. The maximum absolute atomic E-state index is 12.1. The molecule has 1 aromatic rings. The summed E-state index contributed by atoms with van der Waals surface area (Å²) >= 11 is 3.33. The third-order valence-corrected chi connectivity index (χ3v) is 3.76. The lowest BCUT2D eigenvalue weighted by Gasteiger charge is -2.22. The van der Waals surface area contributed by atoms with Crippen LogP contribution >= 0.6 is 15.9 Å². The van der Waals surface area contributed by atoms with Crippen LogP contribution in [0.2, 0.25) is 0 Å². The second kappa shape index (κ2) is 6.39. The number of ether oxygens (including phenoxy) is 2. The quantitative estimate of drug-likeness (QED) is 0.684. The van der Waals surface area contributed by atoms with E-state index in [0.29, 0.717) is 17.9 Å². The number of carbonyl (C=O) groups excluding carboxylic acids is 1. The van der Waals surface area contributed by atoms with Crippen LogP contribution in [0.5, 0.6) is 0 Å². The van der Waals surface area contributed by atoms with E-state index in [9.17, 15) is 4.79 Å². The van der Waals surface area contributed by atoms with Gasteiger partial charge in [-0.15, -0.1) is 0 Å². The Morgan fingerprint density at radius 2 is 2.32 bits per heavy atom.